The lowest BCUT2D eigenvalue weighted by Crippen LogP contribution is -2.79. The van der Waals surface area contributed by atoms with Crippen molar-refractivity contribution in [1.29, 1.82) is 0 Å². The molecule has 4 N–H and O–H groups in total. The lowest BCUT2D eigenvalue weighted by atomic mass is 9.43. The van der Waals surface area contributed by atoms with Gasteiger partial charge in [-0.3, -0.25) is 4.79 Å². The zero-order valence-electron chi connectivity index (χ0n) is 23.0. The Balaban J connectivity index is 1.70. The van der Waals surface area contributed by atoms with E-state index < -0.39 is 72.4 Å². The molecule has 204 valence electrons. The molecule has 37 heavy (non-hydrogen) atoms. The van der Waals surface area contributed by atoms with E-state index in [2.05, 4.69) is 13.1 Å². The van der Waals surface area contributed by atoms with Crippen molar-refractivity contribution >= 4 is 19.3 Å². The molecule has 2 saturated carbocycles. The molecule has 9 atom stereocenters. The molecule has 1 saturated heterocycles. The van der Waals surface area contributed by atoms with Crippen LogP contribution in [0.3, 0.4) is 0 Å². The summed E-state index contributed by atoms with van der Waals surface area (Å²) in [5.41, 5.74) is -4.24. The highest BCUT2D eigenvalue weighted by Gasteiger charge is 2.74. The zero-order chi connectivity index (χ0) is 27.3. The van der Waals surface area contributed by atoms with Gasteiger partial charge in [-0.25, -0.2) is 0 Å². The van der Waals surface area contributed by atoms with E-state index in [0.717, 1.165) is 5.19 Å². The molecule has 1 aromatic carbocycles. The minimum absolute atomic E-state index is 0.0542. The van der Waals surface area contributed by atoms with Crippen molar-refractivity contribution in [3.05, 3.63) is 41.5 Å². The van der Waals surface area contributed by atoms with Crippen molar-refractivity contribution in [1.82, 2.24) is 0 Å². The minimum Gasteiger partial charge on any atom is -0.409 e. The first-order valence-electron chi connectivity index (χ1n) is 13.4. The predicted molar refractivity (Wildman–Crippen MR) is 142 cm³/mol. The van der Waals surface area contributed by atoms with Gasteiger partial charge in [0.15, 0.2) is 5.78 Å². The van der Waals surface area contributed by atoms with Crippen molar-refractivity contribution < 1.29 is 34.4 Å². The van der Waals surface area contributed by atoms with E-state index in [0.29, 0.717) is 17.6 Å². The van der Waals surface area contributed by atoms with Gasteiger partial charge in [0.1, 0.15) is 11.7 Å². The number of aliphatic hydroxyl groups is 4. The van der Waals surface area contributed by atoms with Crippen LogP contribution in [0.25, 0.3) is 0 Å². The first-order chi connectivity index (χ1) is 17.0. The average molecular weight is 531 g/mol. The summed E-state index contributed by atoms with van der Waals surface area (Å²) < 4.78 is 12.8. The molecular weight excluding hydrogens is 488 g/mol. The normalized spacial score (nSPS) is 45.3. The Bertz CT molecular complexity index is 1130. The van der Waals surface area contributed by atoms with Gasteiger partial charge in [-0.2, -0.15) is 0 Å². The average Bonchev–Trinajstić information content (AvgIpc) is 2.83. The van der Waals surface area contributed by atoms with E-state index in [1.807, 2.05) is 51.1 Å². The number of hydrogen-bond donors (Lipinski definition) is 4. The van der Waals surface area contributed by atoms with Crippen molar-refractivity contribution in [2.75, 3.05) is 6.61 Å². The number of rotatable bonds is 3. The van der Waals surface area contributed by atoms with Crippen LogP contribution in [0.15, 0.2) is 41.5 Å². The summed E-state index contributed by atoms with van der Waals surface area (Å²) in [4.78, 5) is 14.5. The van der Waals surface area contributed by atoms with Crippen LogP contribution >= 0.6 is 0 Å². The third-order valence-corrected chi connectivity index (χ3v) is 13.3. The van der Waals surface area contributed by atoms with Crippen LogP contribution in [0.1, 0.15) is 47.5 Å². The third-order valence-electron chi connectivity index (χ3n) is 10.8. The standard InChI is InChI=1S/C29H42O7Si/c1-16-19(30)14-29(34)17(2)24-27(5,25(32)23(31)22(16)26(29,3)4)20(13-21-28(24,33)15-35-21)36-37(6,7)18-11-9-8-10-12-18/h8-12,17,19-21,23-24,30-31,33-34H,13-15H2,1-7H3/t17?,19?,20?,21?,23?,24?,27-,28+,29?/m1/s1. The number of benzene rings is 1. The lowest BCUT2D eigenvalue weighted by molar-refractivity contribution is -0.334. The van der Waals surface area contributed by atoms with Crippen molar-refractivity contribution in [2.24, 2.45) is 22.7 Å². The van der Waals surface area contributed by atoms with Crippen molar-refractivity contribution in [3.63, 3.8) is 0 Å². The molecule has 1 aromatic rings. The summed E-state index contributed by atoms with van der Waals surface area (Å²) in [6.07, 6.45) is -3.33. The second-order valence-corrected chi connectivity index (χ2v) is 17.0. The maximum absolute atomic E-state index is 14.5. The van der Waals surface area contributed by atoms with E-state index in [4.69, 9.17) is 9.16 Å². The van der Waals surface area contributed by atoms with Crippen LogP contribution in [0.4, 0.5) is 0 Å². The SMILES string of the molecule is CC1=C2C(O)C(=O)[C@]3(C)C(O[Si](C)(C)c4ccccc4)CC4OC[C@@]4(O)C3C(C)C(O)(CC1O)C2(C)C. The molecule has 1 heterocycles. The quantitative estimate of drug-likeness (QED) is 0.349. The van der Waals surface area contributed by atoms with E-state index in [1.165, 1.54) is 0 Å². The molecule has 4 aliphatic rings. The predicted octanol–water partition coefficient (Wildman–Crippen LogP) is 2.06. The Morgan fingerprint density at radius 2 is 1.70 bits per heavy atom. The second kappa shape index (κ2) is 8.30. The van der Waals surface area contributed by atoms with Gasteiger partial charge in [0.2, 0.25) is 8.32 Å². The molecule has 7 unspecified atom stereocenters. The topological polar surface area (TPSA) is 116 Å². The number of Topliss-reactive ketones (excluding diaryl/α,β-unsaturated/α-hetero) is 1. The Morgan fingerprint density at radius 3 is 2.27 bits per heavy atom. The fraction of sp³-hybridized carbons (Fsp3) is 0.690. The van der Waals surface area contributed by atoms with Gasteiger partial charge in [-0.05, 0) is 49.2 Å². The van der Waals surface area contributed by atoms with Gasteiger partial charge in [-0.1, -0.05) is 51.1 Å². The fourth-order valence-electron chi connectivity index (χ4n) is 8.41. The number of ether oxygens (including phenoxy) is 1. The van der Waals surface area contributed by atoms with Crippen molar-refractivity contribution in [3.8, 4) is 0 Å². The molecule has 0 spiro atoms. The van der Waals surface area contributed by atoms with E-state index in [9.17, 15) is 25.2 Å². The highest BCUT2D eigenvalue weighted by atomic mass is 28.4. The van der Waals surface area contributed by atoms with Crippen LogP contribution in [-0.4, -0.2) is 76.8 Å². The molecule has 7 nitrogen and oxygen atoms in total. The van der Waals surface area contributed by atoms with Crippen LogP contribution in [0, 0.1) is 22.7 Å². The number of carbonyl (C=O) groups is 1. The van der Waals surface area contributed by atoms with Gasteiger partial charge in [0, 0.05) is 24.2 Å². The van der Waals surface area contributed by atoms with Gasteiger partial charge >= 0.3 is 0 Å². The summed E-state index contributed by atoms with van der Waals surface area (Å²) in [5, 5.41) is 48.2. The van der Waals surface area contributed by atoms with Crippen molar-refractivity contribution in [2.45, 2.75) is 96.2 Å². The third kappa shape index (κ3) is 3.43. The first kappa shape index (κ1) is 27.2. The molecule has 5 rings (SSSR count). The largest absolute Gasteiger partial charge is 0.409 e. The van der Waals surface area contributed by atoms with Crippen LogP contribution in [0.2, 0.25) is 13.1 Å². The maximum Gasteiger partial charge on any atom is 0.218 e. The van der Waals surface area contributed by atoms with Gasteiger partial charge < -0.3 is 29.6 Å². The molecule has 3 fully saturated rings. The Hall–Kier alpha value is -1.39. The Kier molecular flexibility index (Phi) is 6.10. The van der Waals surface area contributed by atoms with Crippen LogP contribution in [0.5, 0.6) is 0 Å². The summed E-state index contributed by atoms with van der Waals surface area (Å²) in [6, 6.07) is 9.97. The molecule has 1 aliphatic heterocycles. The molecule has 0 amide bonds. The summed E-state index contributed by atoms with van der Waals surface area (Å²) in [6.45, 7) is 13.3. The summed E-state index contributed by atoms with van der Waals surface area (Å²) in [7, 11) is -2.53. The number of carbonyl (C=O) groups excluding carboxylic acids is 1. The van der Waals surface area contributed by atoms with E-state index >= 15 is 0 Å². The molecule has 8 heteroatoms. The molecule has 2 bridgehead atoms. The van der Waals surface area contributed by atoms with Crippen LogP contribution < -0.4 is 5.19 Å². The zero-order valence-corrected chi connectivity index (χ0v) is 24.0. The maximum atomic E-state index is 14.5. The summed E-state index contributed by atoms with van der Waals surface area (Å²) >= 11 is 0. The highest BCUT2D eigenvalue weighted by molar-refractivity contribution is 6.84. The smallest absolute Gasteiger partial charge is 0.218 e. The van der Waals surface area contributed by atoms with E-state index in [1.54, 1.807) is 13.8 Å². The molecule has 3 aliphatic carbocycles. The van der Waals surface area contributed by atoms with Crippen LogP contribution in [-0.2, 0) is 14.0 Å². The summed E-state index contributed by atoms with van der Waals surface area (Å²) in [5.74, 6) is -1.78. The van der Waals surface area contributed by atoms with E-state index in [-0.39, 0.29) is 13.0 Å². The number of hydrogen-bond acceptors (Lipinski definition) is 7. The fourth-order valence-corrected chi connectivity index (χ4v) is 10.6. The number of aliphatic hydroxyl groups excluding tert-OH is 2. The van der Waals surface area contributed by atoms with Gasteiger partial charge in [-0.15, -0.1) is 0 Å². The Morgan fingerprint density at radius 1 is 1.08 bits per heavy atom. The number of fused-ring (bicyclic) bond motifs is 5. The Labute approximate surface area is 220 Å². The van der Waals surface area contributed by atoms with Gasteiger partial charge in [0.05, 0.1) is 35.9 Å². The molecule has 0 radical (unpaired) electrons. The molecule has 0 aromatic heterocycles. The number of ketones is 1. The van der Waals surface area contributed by atoms with Gasteiger partial charge in [0.25, 0.3) is 0 Å². The molecular formula is C29H42O7Si. The highest BCUT2D eigenvalue weighted by Crippen LogP contribution is 2.64. The lowest BCUT2D eigenvalue weighted by Gasteiger charge is -2.68. The first-order valence-corrected chi connectivity index (χ1v) is 16.4. The monoisotopic (exact) mass is 530 g/mol. The second-order valence-electron chi connectivity index (χ2n) is 13.2. The minimum atomic E-state index is -2.53.